The van der Waals surface area contributed by atoms with Crippen molar-refractivity contribution in [3.8, 4) is 11.5 Å². The Hall–Kier alpha value is -3.34. The highest BCUT2D eigenvalue weighted by atomic mass is 79.9. The number of amides is 2. The second kappa shape index (κ2) is 21.6. The monoisotopic (exact) mass is 928 g/mol. The van der Waals surface area contributed by atoms with E-state index in [4.69, 9.17) is 34.2 Å². The molecule has 346 valence electrons. The number of piperidine rings is 2. The van der Waals surface area contributed by atoms with Gasteiger partial charge in [0, 0.05) is 80.3 Å². The molecule has 6 heterocycles. The number of nitrogens with two attached hydrogens (primary N) is 1. The van der Waals surface area contributed by atoms with Gasteiger partial charge in [0.2, 0.25) is 0 Å². The lowest BCUT2D eigenvalue weighted by atomic mass is 10.1. The topological polar surface area (TPSA) is 141 Å². The number of rotatable bonds is 7. The van der Waals surface area contributed by atoms with Gasteiger partial charge in [0.15, 0.2) is 0 Å². The number of hydrogen-bond donors (Lipinski definition) is 2. The summed E-state index contributed by atoms with van der Waals surface area (Å²) >= 11 is 3.65. The Morgan fingerprint density at radius 1 is 0.726 bits per heavy atom. The van der Waals surface area contributed by atoms with Gasteiger partial charge >= 0.3 is 12.2 Å². The first-order valence-electron chi connectivity index (χ1n) is 22.8. The lowest BCUT2D eigenvalue weighted by molar-refractivity contribution is 0.0232. The molecule has 6 aliphatic rings. The average Bonchev–Trinajstić information content (AvgIpc) is 4.04. The van der Waals surface area contributed by atoms with Crippen molar-refractivity contribution >= 4 is 33.8 Å². The van der Waals surface area contributed by atoms with Crippen molar-refractivity contribution < 1.29 is 38.0 Å². The molecule has 4 fully saturated rings. The SMILES string of the molecule is CCN1CCC(Oc2cc(Br)c3c(c2)CN(C(=O)OC(C)(C)C)C3)CC1.CN1CCC(Oc2cc3c(c(NC4CCOC4)c2)CN(C(=O)OC(C)(C)C)C3)CC1.NC1CCOC1. The number of carbonyl (C=O) groups is 2. The molecular weight excluding hydrogens is 856 g/mol. The van der Waals surface area contributed by atoms with Gasteiger partial charge in [-0.25, -0.2) is 9.59 Å². The van der Waals surface area contributed by atoms with Crippen molar-refractivity contribution in [3.05, 3.63) is 51.0 Å². The van der Waals surface area contributed by atoms with E-state index in [2.05, 4.69) is 63.2 Å². The summed E-state index contributed by atoms with van der Waals surface area (Å²) in [6, 6.07) is 8.94. The van der Waals surface area contributed by atoms with E-state index in [1.807, 2.05) is 47.6 Å². The molecule has 0 spiro atoms. The van der Waals surface area contributed by atoms with Crippen LogP contribution in [0.5, 0.6) is 11.5 Å². The van der Waals surface area contributed by atoms with Crippen LogP contribution < -0.4 is 20.5 Å². The van der Waals surface area contributed by atoms with Crippen LogP contribution in [0.15, 0.2) is 28.7 Å². The van der Waals surface area contributed by atoms with Gasteiger partial charge in [0.25, 0.3) is 0 Å². The first-order valence-corrected chi connectivity index (χ1v) is 23.6. The Kier molecular flexibility index (Phi) is 16.7. The third kappa shape index (κ3) is 14.3. The molecule has 0 bridgehead atoms. The number of ether oxygens (including phenoxy) is 6. The number of hydrogen-bond acceptors (Lipinski definition) is 12. The lowest BCUT2D eigenvalue weighted by Gasteiger charge is -2.31. The molecule has 2 unspecified atom stereocenters. The summed E-state index contributed by atoms with van der Waals surface area (Å²) in [5, 5.41) is 3.64. The van der Waals surface area contributed by atoms with Gasteiger partial charge in [-0.1, -0.05) is 22.9 Å². The number of fused-ring (bicyclic) bond motifs is 2. The van der Waals surface area contributed by atoms with Crippen LogP contribution in [0.3, 0.4) is 0 Å². The molecule has 4 saturated heterocycles. The van der Waals surface area contributed by atoms with Crippen LogP contribution in [-0.2, 0) is 45.1 Å². The molecule has 8 rings (SSSR count). The molecule has 0 saturated carbocycles. The minimum Gasteiger partial charge on any atom is -0.490 e. The van der Waals surface area contributed by atoms with Gasteiger partial charge in [0.05, 0.1) is 32.3 Å². The summed E-state index contributed by atoms with van der Waals surface area (Å²) in [5.41, 5.74) is 10.0. The lowest BCUT2D eigenvalue weighted by Crippen LogP contribution is -2.38. The minimum atomic E-state index is -0.503. The molecule has 6 aliphatic heterocycles. The van der Waals surface area contributed by atoms with Crippen molar-refractivity contribution in [1.82, 2.24) is 19.6 Å². The predicted octanol–water partition coefficient (Wildman–Crippen LogP) is 7.91. The van der Waals surface area contributed by atoms with E-state index in [1.165, 1.54) is 0 Å². The number of nitrogens with zero attached hydrogens (tertiary/aromatic N) is 4. The molecule has 0 aromatic heterocycles. The zero-order valence-electron chi connectivity index (χ0n) is 38.6. The quantitative estimate of drug-likeness (QED) is 0.279. The maximum Gasteiger partial charge on any atom is 0.410 e. The first kappa shape index (κ1) is 48.1. The fraction of sp³-hybridized carbons (Fsp3) is 0.702. The van der Waals surface area contributed by atoms with E-state index >= 15 is 0 Å². The summed E-state index contributed by atoms with van der Waals surface area (Å²) in [6.07, 6.45) is 6.20. The Morgan fingerprint density at radius 2 is 1.24 bits per heavy atom. The molecule has 2 amide bonds. The molecule has 15 heteroatoms. The second-order valence-electron chi connectivity index (χ2n) is 19.5. The van der Waals surface area contributed by atoms with E-state index < -0.39 is 11.2 Å². The Labute approximate surface area is 378 Å². The molecule has 2 aromatic carbocycles. The molecule has 0 aliphatic carbocycles. The summed E-state index contributed by atoms with van der Waals surface area (Å²) < 4.78 is 35.2. The van der Waals surface area contributed by atoms with Gasteiger partial charge in [-0.05, 0) is 129 Å². The Balaban J connectivity index is 0.000000183. The van der Waals surface area contributed by atoms with Gasteiger partial charge in [0.1, 0.15) is 34.9 Å². The number of nitrogens with one attached hydrogen (secondary N) is 1. The zero-order chi connectivity index (χ0) is 44.6. The molecule has 2 aromatic rings. The van der Waals surface area contributed by atoms with Crippen LogP contribution in [-0.4, -0.2) is 133 Å². The molecule has 2 atom stereocenters. The highest BCUT2D eigenvalue weighted by Crippen LogP contribution is 2.37. The molecule has 14 nitrogen and oxygen atoms in total. The first-order chi connectivity index (χ1) is 29.4. The summed E-state index contributed by atoms with van der Waals surface area (Å²) in [6.45, 7) is 24.3. The number of benzene rings is 2. The highest BCUT2D eigenvalue weighted by molar-refractivity contribution is 9.10. The predicted molar refractivity (Wildman–Crippen MR) is 245 cm³/mol. The van der Waals surface area contributed by atoms with Crippen LogP contribution in [0.25, 0.3) is 0 Å². The number of likely N-dealkylation sites (tertiary alicyclic amines) is 2. The van der Waals surface area contributed by atoms with Crippen LogP contribution in [0, 0.1) is 0 Å². The van der Waals surface area contributed by atoms with Crippen LogP contribution in [0.4, 0.5) is 15.3 Å². The Morgan fingerprint density at radius 3 is 1.73 bits per heavy atom. The van der Waals surface area contributed by atoms with Crippen molar-refractivity contribution in [3.63, 3.8) is 0 Å². The maximum atomic E-state index is 12.6. The van der Waals surface area contributed by atoms with Crippen molar-refractivity contribution in [1.29, 1.82) is 0 Å². The van der Waals surface area contributed by atoms with Gasteiger partial charge in [-0.15, -0.1) is 0 Å². The normalized spacial score (nSPS) is 22.2. The molecular formula is C47H73BrN6O8. The second-order valence-corrected chi connectivity index (χ2v) is 20.4. The molecule has 62 heavy (non-hydrogen) atoms. The third-order valence-electron chi connectivity index (χ3n) is 11.8. The fourth-order valence-electron chi connectivity index (χ4n) is 8.35. The van der Waals surface area contributed by atoms with Crippen molar-refractivity contribution in [2.24, 2.45) is 5.73 Å². The maximum absolute atomic E-state index is 12.6. The van der Waals surface area contributed by atoms with Crippen LogP contribution in [0.2, 0.25) is 0 Å². The molecule has 0 radical (unpaired) electrons. The highest BCUT2D eigenvalue weighted by Gasteiger charge is 2.33. The fourth-order valence-corrected chi connectivity index (χ4v) is 8.95. The molecule has 3 N–H and O–H groups in total. The summed E-state index contributed by atoms with van der Waals surface area (Å²) in [7, 11) is 2.16. The van der Waals surface area contributed by atoms with Gasteiger partial charge < -0.3 is 49.3 Å². The largest absolute Gasteiger partial charge is 0.490 e. The van der Waals surface area contributed by atoms with E-state index in [9.17, 15) is 9.59 Å². The minimum absolute atomic E-state index is 0.241. The zero-order valence-corrected chi connectivity index (χ0v) is 40.1. The summed E-state index contributed by atoms with van der Waals surface area (Å²) in [5.74, 6) is 1.77. The van der Waals surface area contributed by atoms with E-state index in [1.54, 1.807) is 9.80 Å². The van der Waals surface area contributed by atoms with Gasteiger partial charge in [-0.2, -0.15) is 0 Å². The van der Waals surface area contributed by atoms with E-state index in [0.717, 1.165) is 135 Å². The standard InChI is InChI=1S/C23H35N3O4.C20H29BrN2O3.C4H9NO/c1-23(2,3)30-22(27)26-13-16-11-19(29-18-5-8-25(4)9-6-18)12-21(20(16)14-26)24-17-7-10-28-15-17;1-5-22-8-6-15(7-9-22)25-16-10-14-12-23(13-17(14)18(21)11-16)19(24)26-20(2,3)4;5-4-1-2-6-3-4/h11-12,17-18,24H,5-10,13-15H2,1-4H3;10-11,15H,5-9,12-13H2,1-4H3;4H,1-3,5H2. The number of halogens is 1. The van der Waals surface area contributed by atoms with E-state index in [-0.39, 0.29) is 24.4 Å². The van der Waals surface area contributed by atoms with Crippen LogP contribution >= 0.6 is 15.9 Å². The van der Waals surface area contributed by atoms with Crippen LogP contribution in [0.1, 0.15) is 109 Å². The smallest absolute Gasteiger partial charge is 0.410 e. The third-order valence-corrected chi connectivity index (χ3v) is 12.5. The Bertz CT molecular complexity index is 1790. The van der Waals surface area contributed by atoms with E-state index in [0.29, 0.717) is 44.9 Å². The van der Waals surface area contributed by atoms with Gasteiger partial charge in [-0.3, -0.25) is 9.80 Å². The average molecular weight is 930 g/mol. The van der Waals surface area contributed by atoms with Crippen molar-refractivity contribution in [2.45, 2.75) is 149 Å². The number of anilines is 1. The van der Waals surface area contributed by atoms with Crippen molar-refractivity contribution in [2.75, 3.05) is 71.5 Å². The summed E-state index contributed by atoms with van der Waals surface area (Å²) in [4.78, 5) is 33.3. The number of carbonyl (C=O) groups excluding carboxylic acids is 2.